The second-order valence-corrected chi connectivity index (χ2v) is 7.18. The molecule has 0 aromatic rings. The van der Waals surface area contributed by atoms with Crippen molar-refractivity contribution in [2.24, 2.45) is 16.6 Å². The predicted molar refractivity (Wildman–Crippen MR) is 83.0 cm³/mol. The number of nitrogens with zero attached hydrogens (tertiary/aromatic N) is 1. The summed E-state index contributed by atoms with van der Waals surface area (Å²) < 4.78 is 0. The fraction of sp³-hybridized carbons (Fsp3) is 0.857. The van der Waals surface area contributed by atoms with Crippen LogP contribution in [0.3, 0.4) is 0 Å². The molecule has 1 saturated carbocycles. The number of hydrogen-bond donors (Lipinski definition) is 2. The molecule has 1 rings (SSSR count). The molecule has 19 heavy (non-hydrogen) atoms. The highest BCUT2D eigenvalue weighted by atomic mass is 32.1. The van der Waals surface area contributed by atoms with Gasteiger partial charge >= 0.3 is 0 Å². The van der Waals surface area contributed by atoms with Crippen LogP contribution in [0.4, 0.5) is 0 Å². The Kier molecular flexibility index (Phi) is 5.33. The van der Waals surface area contributed by atoms with E-state index in [0.29, 0.717) is 11.5 Å². The predicted octanol–water partition coefficient (Wildman–Crippen LogP) is 1.54. The Hall–Kier alpha value is -0.680. The first kappa shape index (κ1) is 16.4. The minimum Gasteiger partial charge on any atom is -0.392 e. The Balaban J connectivity index is 2.61. The van der Waals surface area contributed by atoms with Gasteiger partial charge in [0.1, 0.15) is 0 Å². The van der Waals surface area contributed by atoms with Gasteiger partial charge in [0.2, 0.25) is 5.91 Å². The minimum atomic E-state index is -0.594. The summed E-state index contributed by atoms with van der Waals surface area (Å²) in [5.74, 6) is 0.0179. The Morgan fingerprint density at radius 1 is 1.37 bits per heavy atom. The van der Waals surface area contributed by atoms with Crippen molar-refractivity contribution < 1.29 is 4.79 Å². The maximum absolute atomic E-state index is 12.4. The van der Waals surface area contributed by atoms with Crippen molar-refractivity contribution in [2.75, 3.05) is 27.2 Å². The van der Waals surface area contributed by atoms with Crippen molar-refractivity contribution in [1.82, 2.24) is 10.2 Å². The summed E-state index contributed by atoms with van der Waals surface area (Å²) in [5.41, 5.74) is 5.26. The second-order valence-electron chi connectivity index (χ2n) is 6.74. The molecule has 0 saturated heterocycles. The Bertz CT molecular complexity index is 347. The van der Waals surface area contributed by atoms with Crippen LogP contribution in [0, 0.1) is 10.8 Å². The normalized spacial score (nSPS) is 18.6. The maximum atomic E-state index is 12.4. The van der Waals surface area contributed by atoms with Crippen LogP contribution in [-0.2, 0) is 4.79 Å². The third kappa shape index (κ3) is 4.14. The van der Waals surface area contributed by atoms with Gasteiger partial charge in [-0.2, -0.15) is 0 Å². The number of hydrogen-bond acceptors (Lipinski definition) is 3. The van der Waals surface area contributed by atoms with E-state index < -0.39 is 5.41 Å². The standard InChI is InChI=1S/C14H27N3OS/c1-13(2,10-17(3)4)9-16-12(18)14(11(15)19)7-5-6-8-14/h5-10H2,1-4H3,(H2,15,19)(H,16,18). The molecular formula is C14H27N3OS. The second kappa shape index (κ2) is 6.18. The van der Waals surface area contributed by atoms with Crippen molar-refractivity contribution >= 4 is 23.1 Å². The highest BCUT2D eigenvalue weighted by Gasteiger charge is 2.44. The third-order valence-corrected chi connectivity index (χ3v) is 4.23. The van der Waals surface area contributed by atoms with Gasteiger partial charge in [-0.15, -0.1) is 0 Å². The molecule has 0 spiro atoms. The lowest BCUT2D eigenvalue weighted by Crippen LogP contribution is -2.50. The van der Waals surface area contributed by atoms with Gasteiger partial charge in [-0.1, -0.05) is 38.9 Å². The van der Waals surface area contributed by atoms with Crippen molar-refractivity contribution in [3.8, 4) is 0 Å². The van der Waals surface area contributed by atoms with Crippen LogP contribution in [0.1, 0.15) is 39.5 Å². The zero-order chi connectivity index (χ0) is 14.7. The molecule has 5 heteroatoms. The van der Waals surface area contributed by atoms with Gasteiger partial charge in [0.15, 0.2) is 0 Å². The van der Waals surface area contributed by atoms with Crippen LogP contribution < -0.4 is 11.1 Å². The Morgan fingerprint density at radius 2 is 1.89 bits per heavy atom. The molecule has 0 unspecified atom stereocenters. The lowest BCUT2D eigenvalue weighted by molar-refractivity contribution is -0.127. The SMILES string of the molecule is CN(C)CC(C)(C)CNC(=O)C1(C(N)=S)CCCC1. The van der Waals surface area contributed by atoms with Crippen molar-refractivity contribution in [3.63, 3.8) is 0 Å². The van der Waals surface area contributed by atoms with Crippen LogP contribution in [0.2, 0.25) is 0 Å². The molecule has 0 aliphatic heterocycles. The number of thiocarbonyl (C=S) groups is 1. The van der Waals surface area contributed by atoms with E-state index in [0.717, 1.165) is 32.2 Å². The summed E-state index contributed by atoms with van der Waals surface area (Å²) in [6.07, 6.45) is 3.66. The number of carbonyl (C=O) groups is 1. The molecule has 110 valence electrons. The van der Waals surface area contributed by atoms with Gasteiger partial charge in [0, 0.05) is 13.1 Å². The van der Waals surface area contributed by atoms with Gasteiger partial charge in [-0.25, -0.2) is 0 Å². The number of rotatable bonds is 6. The summed E-state index contributed by atoms with van der Waals surface area (Å²) in [6.45, 7) is 5.87. The lowest BCUT2D eigenvalue weighted by atomic mass is 9.84. The van der Waals surface area contributed by atoms with Gasteiger partial charge in [-0.05, 0) is 32.4 Å². The van der Waals surface area contributed by atoms with E-state index in [9.17, 15) is 4.79 Å². The summed E-state index contributed by atoms with van der Waals surface area (Å²) in [7, 11) is 4.08. The van der Waals surface area contributed by atoms with Crippen molar-refractivity contribution in [1.29, 1.82) is 0 Å². The van der Waals surface area contributed by atoms with Crippen LogP contribution in [0.15, 0.2) is 0 Å². The largest absolute Gasteiger partial charge is 0.392 e. The van der Waals surface area contributed by atoms with E-state index in [1.165, 1.54) is 0 Å². The summed E-state index contributed by atoms with van der Waals surface area (Å²) in [4.78, 5) is 14.9. The van der Waals surface area contributed by atoms with Crippen LogP contribution in [-0.4, -0.2) is 43.0 Å². The van der Waals surface area contributed by atoms with Crippen molar-refractivity contribution in [2.45, 2.75) is 39.5 Å². The molecule has 0 bridgehead atoms. The summed E-state index contributed by atoms with van der Waals surface area (Å²) in [6, 6.07) is 0. The smallest absolute Gasteiger partial charge is 0.233 e. The molecule has 1 aliphatic carbocycles. The number of nitrogens with one attached hydrogen (secondary N) is 1. The molecule has 1 amide bonds. The van der Waals surface area contributed by atoms with E-state index in [2.05, 4.69) is 24.1 Å². The van der Waals surface area contributed by atoms with E-state index in [4.69, 9.17) is 18.0 Å². The number of carbonyl (C=O) groups excluding carboxylic acids is 1. The fourth-order valence-corrected chi connectivity index (χ4v) is 3.26. The Labute approximate surface area is 122 Å². The highest BCUT2D eigenvalue weighted by Crippen LogP contribution is 2.38. The number of nitrogens with two attached hydrogens (primary N) is 1. The van der Waals surface area contributed by atoms with Crippen LogP contribution in [0.5, 0.6) is 0 Å². The number of amides is 1. The molecular weight excluding hydrogens is 258 g/mol. The molecule has 0 heterocycles. The van der Waals surface area contributed by atoms with E-state index >= 15 is 0 Å². The first-order chi connectivity index (χ1) is 8.69. The zero-order valence-electron chi connectivity index (χ0n) is 12.6. The fourth-order valence-electron chi connectivity index (χ4n) is 2.96. The maximum Gasteiger partial charge on any atom is 0.233 e. The topological polar surface area (TPSA) is 58.4 Å². The summed E-state index contributed by atoms with van der Waals surface area (Å²) >= 11 is 5.13. The van der Waals surface area contributed by atoms with E-state index in [-0.39, 0.29) is 11.3 Å². The molecule has 3 N–H and O–H groups in total. The zero-order valence-corrected chi connectivity index (χ0v) is 13.4. The molecule has 0 radical (unpaired) electrons. The molecule has 0 atom stereocenters. The first-order valence-electron chi connectivity index (χ1n) is 6.93. The highest BCUT2D eigenvalue weighted by molar-refractivity contribution is 7.80. The average molecular weight is 285 g/mol. The van der Waals surface area contributed by atoms with E-state index in [1.54, 1.807) is 0 Å². The van der Waals surface area contributed by atoms with Gasteiger partial charge < -0.3 is 16.0 Å². The van der Waals surface area contributed by atoms with Crippen LogP contribution in [0.25, 0.3) is 0 Å². The summed E-state index contributed by atoms with van der Waals surface area (Å²) in [5, 5.41) is 3.06. The van der Waals surface area contributed by atoms with Gasteiger partial charge in [0.05, 0.1) is 10.4 Å². The first-order valence-corrected chi connectivity index (χ1v) is 7.33. The monoisotopic (exact) mass is 285 g/mol. The quantitative estimate of drug-likeness (QED) is 0.727. The van der Waals surface area contributed by atoms with Crippen LogP contribution >= 0.6 is 12.2 Å². The van der Waals surface area contributed by atoms with Gasteiger partial charge in [-0.3, -0.25) is 4.79 Å². The average Bonchev–Trinajstić information content (AvgIpc) is 2.74. The minimum absolute atomic E-state index is 0.0179. The molecule has 1 fully saturated rings. The molecule has 1 aliphatic rings. The molecule has 0 aromatic carbocycles. The Morgan fingerprint density at radius 3 is 2.32 bits per heavy atom. The van der Waals surface area contributed by atoms with Crippen molar-refractivity contribution in [3.05, 3.63) is 0 Å². The lowest BCUT2D eigenvalue weighted by Gasteiger charge is -2.32. The molecule has 4 nitrogen and oxygen atoms in total. The molecule has 0 aromatic heterocycles. The van der Waals surface area contributed by atoms with Gasteiger partial charge in [0.25, 0.3) is 0 Å². The van der Waals surface area contributed by atoms with E-state index in [1.807, 2.05) is 14.1 Å². The third-order valence-electron chi connectivity index (χ3n) is 3.84.